The van der Waals surface area contributed by atoms with Crippen molar-refractivity contribution in [2.75, 3.05) is 13.7 Å². The van der Waals surface area contributed by atoms with Crippen LogP contribution < -0.4 is 0 Å². The van der Waals surface area contributed by atoms with Gasteiger partial charge in [-0.05, 0) is 12.5 Å². The molecule has 0 saturated heterocycles. The average Bonchev–Trinajstić information content (AvgIpc) is 2.17. The zero-order valence-electron chi connectivity index (χ0n) is 8.49. The zero-order valence-corrected chi connectivity index (χ0v) is 8.49. The van der Waals surface area contributed by atoms with Crippen molar-refractivity contribution in [3.8, 4) is 0 Å². The second kappa shape index (κ2) is 6.66. The summed E-state index contributed by atoms with van der Waals surface area (Å²) in [5.74, 6) is -0.129. The van der Waals surface area contributed by atoms with Gasteiger partial charge in [0.2, 0.25) is 5.91 Å². The number of hydrogen-bond acceptors (Lipinski definition) is 2. The predicted octanol–water partition coefficient (Wildman–Crippen LogP) is 1.18. The Labute approximate surface area is 80.0 Å². The van der Waals surface area contributed by atoms with Crippen molar-refractivity contribution in [2.45, 2.75) is 32.2 Å². The molecule has 0 radical (unpaired) electrons. The minimum Gasteiger partial charge on any atom is -0.394 e. The van der Waals surface area contributed by atoms with E-state index >= 15 is 0 Å². The molecule has 1 atom stereocenters. The Balaban J connectivity index is 4.05. The summed E-state index contributed by atoms with van der Waals surface area (Å²) in [6.07, 6.45) is 4.23. The molecule has 76 valence electrons. The van der Waals surface area contributed by atoms with Gasteiger partial charge in [-0.25, -0.2) is 0 Å². The van der Waals surface area contributed by atoms with Crippen molar-refractivity contribution in [3.05, 3.63) is 12.7 Å². The van der Waals surface area contributed by atoms with Crippen LogP contribution in [0.15, 0.2) is 12.7 Å². The largest absolute Gasteiger partial charge is 0.394 e. The SMILES string of the molecule is C=CC(=O)N(C)[C@H](CO)CCCC. The first-order chi connectivity index (χ1) is 6.17. The fourth-order valence-electron chi connectivity index (χ4n) is 1.17. The third-order valence-corrected chi connectivity index (χ3v) is 2.17. The lowest BCUT2D eigenvalue weighted by Crippen LogP contribution is -2.38. The second-order valence-electron chi connectivity index (χ2n) is 3.13. The smallest absolute Gasteiger partial charge is 0.246 e. The second-order valence-corrected chi connectivity index (χ2v) is 3.13. The Bertz CT molecular complexity index is 168. The fraction of sp³-hybridized carbons (Fsp3) is 0.700. The molecule has 0 rings (SSSR count). The third kappa shape index (κ3) is 4.08. The van der Waals surface area contributed by atoms with Crippen molar-refractivity contribution < 1.29 is 9.90 Å². The monoisotopic (exact) mass is 185 g/mol. The van der Waals surface area contributed by atoms with E-state index in [1.165, 1.54) is 6.08 Å². The molecule has 0 aromatic rings. The van der Waals surface area contributed by atoms with E-state index in [0.717, 1.165) is 19.3 Å². The highest BCUT2D eigenvalue weighted by Crippen LogP contribution is 2.06. The molecule has 3 nitrogen and oxygen atoms in total. The van der Waals surface area contributed by atoms with Crippen molar-refractivity contribution in [2.24, 2.45) is 0 Å². The molecule has 0 aliphatic carbocycles. The maximum absolute atomic E-state index is 11.2. The summed E-state index contributed by atoms with van der Waals surface area (Å²) in [5, 5.41) is 9.04. The number of rotatable bonds is 6. The maximum Gasteiger partial charge on any atom is 0.246 e. The van der Waals surface area contributed by atoms with Gasteiger partial charge in [0.1, 0.15) is 0 Å². The van der Waals surface area contributed by atoms with Gasteiger partial charge in [0.25, 0.3) is 0 Å². The van der Waals surface area contributed by atoms with Crippen molar-refractivity contribution in [3.63, 3.8) is 0 Å². The zero-order chi connectivity index (χ0) is 10.3. The van der Waals surface area contributed by atoms with Gasteiger partial charge in [-0.3, -0.25) is 4.79 Å². The van der Waals surface area contributed by atoms with Crippen LogP contribution in [-0.4, -0.2) is 35.6 Å². The van der Waals surface area contributed by atoms with Crippen LogP contribution in [0.2, 0.25) is 0 Å². The molecule has 1 N–H and O–H groups in total. The van der Waals surface area contributed by atoms with Crippen molar-refractivity contribution >= 4 is 5.91 Å². The van der Waals surface area contributed by atoms with Crippen LogP contribution in [0.3, 0.4) is 0 Å². The Kier molecular flexibility index (Phi) is 6.24. The number of amides is 1. The lowest BCUT2D eigenvalue weighted by molar-refractivity contribution is -0.127. The molecular weight excluding hydrogens is 166 g/mol. The van der Waals surface area contributed by atoms with Crippen LogP contribution in [0, 0.1) is 0 Å². The molecule has 13 heavy (non-hydrogen) atoms. The van der Waals surface area contributed by atoms with Crippen LogP contribution in [0.5, 0.6) is 0 Å². The van der Waals surface area contributed by atoms with Crippen molar-refractivity contribution in [1.29, 1.82) is 0 Å². The van der Waals surface area contributed by atoms with E-state index in [0.29, 0.717) is 0 Å². The highest BCUT2D eigenvalue weighted by atomic mass is 16.3. The topological polar surface area (TPSA) is 40.5 Å². The molecular formula is C10H19NO2. The molecule has 0 aliphatic rings. The Morgan fingerprint density at radius 3 is 2.69 bits per heavy atom. The van der Waals surface area contributed by atoms with E-state index in [9.17, 15) is 4.79 Å². The number of hydrogen-bond donors (Lipinski definition) is 1. The minimum atomic E-state index is -0.129. The van der Waals surface area contributed by atoms with Gasteiger partial charge >= 0.3 is 0 Å². The van der Waals surface area contributed by atoms with Gasteiger partial charge in [-0.2, -0.15) is 0 Å². The summed E-state index contributed by atoms with van der Waals surface area (Å²) in [6.45, 7) is 5.52. The predicted molar refractivity (Wildman–Crippen MR) is 53.4 cm³/mol. The standard InChI is InChI=1S/C10H19NO2/c1-4-6-7-9(8-12)11(3)10(13)5-2/h5,9,12H,2,4,6-8H2,1,3H3/t9-/m0/s1. The van der Waals surface area contributed by atoms with Crippen LogP contribution in [0.1, 0.15) is 26.2 Å². The van der Waals surface area contributed by atoms with Gasteiger partial charge < -0.3 is 10.0 Å². The normalized spacial score (nSPS) is 12.2. The van der Waals surface area contributed by atoms with Gasteiger partial charge in [-0.15, -0.1) is 0 Å². The molecule has 0 aromatic heterocycles. The number of likely N-dealkylation sites (N-methyl/N-ethyl adjacent to an activating group) is 1. The molecule has 3 heteroatoms. The summed E-state index contributed by atoms with van der Waals surface area (Å²) >= 11 is 0. The van der Waals surface area contributed by atoms with E-state index < -0.39 is 0 Å². The molecule has 0 saturated carbocycles. The number of nitrogens with zero attached hydrogens (tertiary/aromatic N) is 1. The van der Waals surface area contributed by atoms with Crippen LogP contribution in [0.25, 0.3) is 0 Å². The average molecular weight is 185 g/mol. The Hall–Kier alpha value is -0.830. The van der Waals surface area contributed by atoms with E-state index in [1.807, 2.05) is 0 Å². The van der Waals surface area contributed by atoms with E-state index in [1.54, 1.807) is 11.9 Å². The third-order valence-electron chi connectivity index (χ3n) is 2.17. The Morgan fingerprint density at radius 2 is 2.31 bits per heavy atom. The maximum atomic E-state index is 11.2. The summed E-state index contributed by atoms with van der Waals surface area (Å²) < 4.78 is 0. The minimum absolute atomic E-state index is 0.0239. The Morgan fingerprint density at radius 1 is 1.69 bits per heavy atom. The van der Waals surface area contributed by atoms with Gasteiger partial charge in [0.05, 0.1) is 12.6 Å². The number of carbonyl (C=O) groups excluding carboxylic acids is 1. The molecule has 0 unspecified atom stereocenters. The lowest BCUT2D eigenvalue weighted by Gasteiger charge is -2.25. The highest BCUT2D eigenvalue weighted by Gasteiger charge is 2.15. The summed E-state index contributed by atoms with van der Waals surface area (Å²) in [7, 11) is 1.70. The van der Waals surface area contributed by atoms with Crippen LogP contribution in [-0.2, 0) is 4.79 Å². The molecule has 0 aromatic carbocycles. The number of aliphatic hydroxyl groups excluding tert-OH is 1. The number of unbranched alkanes of at least 4 members (excludes halogenated alkanes) is 1. The number of aliphatic hydroxyl groups is 1. The van der Waals surface area contributed by atoms with Crippen molar-refractivity contribution in [1.82, 2.24) is 4.90 Å². The molecule has 0 spiro atoms. The first-order valence-corrected chi connectivity index (χ1v) is 4.67. The molecule has 0 heterocycles. The first kappa shape index (κ1) is 12.2. The summed E-state index contributed by atoms with van der Waals surface area (Å²) in [6, 6.07) is -0.0644. The van der Waals surface area contributed by atoms with E-state index in [-0.39, 0.29) is 18.6 Å². The fourth-order valence-corrected chi connectivity index (χ4v) is 1.17. The summed E-state index contributed by atoms with van der Waals surface area (Å²) in [5.41, 5.74) is 0. The molecule has 1 amide bonds. The van der Waals surface area contributed by atoms with Crippen LogP contribution in [0.4, 0.5) is 0 Å². The summed E-state index contributed by atoms with van der Waals surface area (Å²) in [4.78, 5) is 12.7. The van der Waals surface area contributed by atoms with E-state index in [2.05, 4.69) is 13.5 Å². The van der Waals surface area contributed by atoms with Gasteiger partial charge in [-0.1, -0.05) is 26.3 Å². The highest BCUT2D eigenvalue weighted by molar-refractivity contribution is 5.87. The van der Waals surface area contributed by atoms with Gasteiger partial charge in [0.15, 0.2) is 0 Å². The molecule has 0 bridgehead atoms. The quantitative estimate of drug-likeness (QED) is 0.631. The number of carbonyl (C=O) groups is 1. The molecule has 0 fully saturated rings. The van der Waals surface area contributed by atoms with E-state index in [4.69, 9.17) is 5.11 Å². The van der Waals surface area contributed by atoms with Crippen LogP contribution >= 0.6 is 0 Å². The van der Waals surface area contributed by atoms with Gasteiger partial charge in [0, 0.05) is 7.05 Å². The first-order valence-electron chi connectivity index (χ1n) is 4.67. The molecule has 0 aliphatic heterocycles. The lowest BCUT2D eigenvalue weighted by atomic mass is 10.1.